The fraction of sp³-hybridized carbons (Fsp3) is 0. The molecule has 0 amide bonds. The number of fused-ring (bicyclic) bond motifs is 2. The molecule has 4 aromatic rings. The maximum atomic E-state index is 4.30. The predicted molar refractivity (Wildman–Crippen MR) is 81.3 cm³/mol. The molecule has 1 heterocycles. The Morgan fingerprint density at radius 2 is 1.57 bits per heavy atom. The minimum atomic E-state index is 0. The Kier molecular flexibility index (Phi) is 3.78. The van der Waals surface area contributed by atoms with Crippen molar-refractivity contribution in [2.24, 2.45) is 0 Å². The van der Waals surface area contributed by atoms with Crippen LogP contribution < -0.4 is 0 Å². The monoisotopic (exact) mass is 448 g/mol. The number of hydrogen-bond acceptors (Lipinski definition) is 2. The van der Waals surface area contributed by atoms with Gasteiger partial charge < -0.3 is 0 Å². The molecule has 21 heavy (non-hydrogen) atoms. The average Bonchev–Trinajstić information content (AvgIpc) is 2.53. The zero-order chi connectivity index (χ0) is 13.4. The van der Waals surface area contributed by atoms with Crippen molar-refractivity contribution >= 4 is 21.5 Å². The molecule has 3 heteroatoms. The molecule has 103 valence electrons. The van der Waals surface area contributed by atoms with Gasteiger partial charge in [-0.3, -0.25) is 0 Å². The topological polar surface area (TPSA) is 25.8 Å². The van der Waals surface area contributed by atoms with E-state index in [4.69, 9.17) is 0 Å². The first-order valence-corrected chi connectivity index (χ1v) is 6.53. The first-order chi connectivity index (χ1) is 9.92. The average molecular weight is 448 g/mol. The standard InChI is InChI=1S/C18H11N2.Ir/c1-2-6-13(7-3-1)18-17-11-15-9-5-4-8-14(15)10-16(17)12-19-20-18;/h1-6,8-12H;/q-1;. The van der Waals surface area contributed by atoms with E-state index in [9.17, 15) is 0 Å². The number of hydrogen-bond donors (Lipinski definition) is 0. The van der Waals surface area contributed by atoms with Gasteiger partial charge in [-0.25, -0.2) is 5.10 Å². The number of nitrogens with zero attached hydrogens (tertiary/aromatic N) is 2. The van der Waals surface area contributed by atoms with Crippen molar-refractivity contribution < 1.29 is 20.1 Å². The summed E-state index contributed by atoms with van der Waals surface area (Å²) in [4.78, 5) is 0. The van der Waals surface area contributed by atoms with Crippen LogP contribution in [-0.2, 0) is 20.1 Å². The summed E-state index contributed by atoms with van der Waals surface area (Å²) in [6.45, 7) is 0. The second kappa shape index (κ2) is 5.72. The van der Waals surface area contributed by atoms with Crippen LogP contribution in [-0.4, -0.2) is 10.2 Å². The summed E-state index contributed by atoms with van der Waals surface area (Å²) >= 11 is 0. The molecule has 0 atom stereocenters. The van der Waals surface area contributed by atoms with Crippen molar-refractivity contribution in [3.05, 3.63) is 72.9 Å². The molecule has 0 aliphatic heterocycles. The Bertz CT molecular complexity index is 904. The third kappa shape index (κ3) is 2.46. The molecule has 1 aromatic heterocycles. The maximum absolute atomic E-state index is 4.30. The Balaban J connectivity index is 0.00000132. The van der Waals surface area contributed by atoms with Crippen LogP contribution in [0.4, 0.5) is 0 Å². The van der Waals surface area contributed by atoms with Gasteiger partial charge in [0, 0.05) is 25.8 Å². The van der Waals surface area contributed by atoms with Gasteiger partial charge in [-0.15, -0.1) is 35.9 Å². The van der Waals surface area contributed by atoms with Gasteiger partial charge in [-0.1, -0.05) is 30.3 Å². The number of rotatable bonds is 1. The van der Waals surface area contributed by atoms with Crippen LogP contribution in [0.25, 0.3) is 32.8 Å². The van der Waals surface area contributed by atoms with E-state index >= 15 is 0 Å². The van der Waals surface area contributed by atoms with Gasteiger partial charge in [0.2, 0.25) is 0 Å². The number of benzene rings is 3. The van der Waals surface area contributed by atoms with E-state index in [1.807, 2.05) is 30.5 Å². The smallest absolute Gasteiger partial charge is 0.0557 e. The minimum absolute atomic E-state index is 0. The predicted octanol–water partition coefficient (Wildman–Crippen LogP) is 4.25. The molecule has 1 radical (unpaired) electrons. The molecule has 0 N–H and O–H groups in total. The van der Waals surface area contributed by atoms with Crippen molar-refractivity contribution in [2.45, 2.75) is 0 Å². The third-order valence-electron chi connectivity index (χ3n) is 3.49. The minimum Gasteiger partial charge on any atom is -0.200 e. The molecule has 0 aliphatic carbocycles. The van der Waals surface area contributed by atoms with Crippen LogP contribution >= 0.6 is 0 Å². The zero-order valence-electron chi connectivity index (χ0n) is 11.1. The van der Waals surface area contributed by atoms with E-state index in [2.05, 4.69) is 52.7 Å². The van der Waals surface area contributed by atoms with Gasteiger partial charge in [0.15, 0.2) is 0 Å². The molecular formula is C18H11IrN2-. The van der Waals surface area contributed by atoms with Gasteiger partial charge in [-0.05, 0) is 27.6 Å². The van der Waals surface area contributed by atoms with Crippen LogP contribution in [0.3, 0.4) is 0 Å². The number of aromatic nitrogens is 2. The van der Waals surface area contributed by atoms with Crippen molar-refractivity contribution in [1.82, 2.24) is 10.2 Å². The summed E-state index contributed by atoms with van der Waals surface area (Å²) < 4.78 is 0. The van der Waals surface area contributed by atoms with E-state index in [0.29, 0.717) is 0 Å². The van der Waals surface area contributed by atoms with E-state index in [1.165, 1.54) is 10.8 Å². The Hall–Kier alpha value is -2.09. The quantitative estimate of drug-likeness (QED) is 0.322. The SMILES string of the molecule is [Ir].[c-]1ccccc1-c1nncc2cc3ccccc3cc12. The molecule has 0 unspecified atom stereocenters. The van der Waals surface area contributed by atoms with E-state index in [1.54, 1.807) is 0 Å². The molecule has 0 saturated carbocycles. The summed E-state index contributed by atoms with van der Waals surface area (Å²) in [6, 6.07) is 23.8. The second-order valence-electron chi connectivity index (χ2n) is 4.76. The van der Waals surface area contributed by atoms with Crippen molar-refractivity contribution in [2.75, 3.05) is 0 Å². The Labute approximate surface area is 136 Å². The van der Waals surface area contributed by atoms with Crippen LogP contribution in [0.1, 0.15) is 0 Å². The van der Waals surface area contributed by atoms with Crippen LogP contribution in [0, 0.1) is 6.07 Å². The molecule has 0 bridgehead atoms. The largest absolute Gasteiger partial charge is 0.200 e. The van der Waals surface area contributed by atoms with E-state index in [-0.39, 0.29) is 20.1 Å². The molecule has 2 nitrogen and oxygen atoms in total. The zero-order valence-corrected chi connectivity index (χ0v) is 13.5. The summed E-state index contributed by atoms with van der Waals surface area (Å²) in [7, 11) is 0. The van der Waals surface area contributed by atoms with Gasteiger partial charge in [0.25, 0.3) is 0 Å². The first kappa shape index (κ1) is 13.9. The Morgan fingerprint density at radius 1 is 0.810 bits per heavy atom. The molecule has 4 rings (SSSR count). The molecule has 0 fully saturated rings. The van der Waals surface area contributed by atoms with Gasteiger partial charge in [0.05, 0.1) is 6.20 Å². The molecule has 0 saturated heterocycles. The fourth-order valence-corrected chi connectivity index (χ4v) is 2.51. The van der Waals surface area contributed by atoms with Crippen molar-refractivity contribution in [3.63, 3.8) is 0 Å². The van der Waals surface area contributed by atoms with Gasteiger partial charge in [-0.2, -0.15) is 5.10 Å². The van der Waals surface area contributed by atoms with E-state index < -0.39 is 0 Å². The van der Waals surface area contributed by atoms with Gasteiger partial charge >= 0.3 is 0 Å². The summed E-state index contributed by atoms with van der Waals surface area (Å²) in [5.74, 6) is 0. The summed E-state index contributed by atoms with van der Waals surface area (Å²) in [6.07, 6.45) is 1.81. The van der Waals surface area contributed by atoms with Gasteiger partial charge in [0.1, 0.15) is 0 Å². The van der Waals surface area contributed by atoms with Crippen molar-refractivity contribution in [1.29, 1.82) is 0 Å². The van der Waals surface area contributed by atoms with Crippen LogP contribution in [0.15, 0.2) is 66.9 Å². The van der Waals surface area contributed by atoms with E-state index in [0.717, 1.165) is 22.0 Å². The third-order valence-corrected chi connectivity index (χ3v) is 3.49. The van der Waals surface area contributed by atoms with Crippen molar-refractivity contribution in [3.8, 4) is 11.3 Å². The first-order valence-electron chi connectivity index (χ1n) is 6.53. The summed E-state index contributed by atoms with van der Waals surface area (Å²) in [5.41, 5.74) is 1.86. The Morgan fingerprint density at radius 3 is 2.33 bits per heavy atom. The molecule has 3 aromatic carbocycles. The molecular weight excluding hydrogens is 436 g/mol. The summed E-state index contributed by atoms with van der Waals surface area (Å²) in [5, 5.41) is 13.1. The maximum Gasteiger partial charge on any atom is 0.0557 e. The molecule has 0 aliphatic rings. The van der Waals surface area contributed by atoms with Crippen LogP contribution in [0.2, 0.25) is 0 Å². The molecule has 0 spiro atoms. The normalized spacial score (nSPS) is 10.5. The van der Waals surface area contributed by atoms with Crippen LogP contribution in [0.5, 0.6) is 0 Å². The second-order valence-corrected chi connectivity index (χ2v) is 4.76. The fourth-order valence-electron chi connectivity index (χ4n) is 2.51.